The van der Waals surface area contributed by atoms with Gasteiger partial charge in [-0.3, -0.25) is 9.69 Å². The van der Waals surface area contributed by atoms with E-state index in [-0.39, 0.29) is 11.7 Å². The van der Waals surface area contributed by atoms with Gasteiger partial charge in [-0.15, -0.1) is 10.2 Å². The lowest BCUT2D eigenvalue weighted by Crippen LogP contribution is -2.30. The first-order chi connectivity index (χ1) is 15.6. The summed E-state index contributed by atoms with van der Waals surface area (Å²) in [4.78, 5) is 14.9. The number of piperidine rings is 1. The van der Waals surface area contributed by atoms with Crippen molar-refractivity contribution in [1.29, 1.82) is 0 Å². The van der Waals surface area contributed by atoms with Gasteiger partial charge >= 0.3 is 0 Å². The molecule has 1 amide bonds. The van der Waals surface area contributed by atoms with Crippen molar-refractivity contribution in [2.75, 3.05) is 24.2 Å². The van der Waals surface area contributed by atoms with Crippen molar-refractivity contribution in [3.8, 4) is 0 Å². The van der Waals surface area contributed by atoms with Gasteiger partial charge in [-0.2, -0.15) is 0 Å². The summed E-state index contributed by atoms with van der Waals surface area (Å²) in [5.41, 5.74) is 1.79. The minimum Gasteiger partial charge on any atom is -0.325 e. The number of rotatable bonds is 8. The zero-order valence-electron chi connectivity index (χ0n) is 17.6. The Morgan fingerprint density at radius 2 is 1.75 bits per heavy atom. The quantitative estimate of drug-likeness (QED) is 0.432. The Hall–Kier alpha value is -2.06. The maximum atomic E-state index is 12.5. The van der Waals surface area contributed by atoms with Crippen LogP contribution in [-0.4, -0.2) is 44.4 Å². The maximum absolute atomic E-state index is 12.5. The predicted molar refractivity (Wildman–Crippen MR) is 131 cm³/mol. The van der Waals surface area contributed by atoms with Crippen molar-refractivity contribution in [3.05, 3.63) is 70.0 Å². The van der Waals surface area contributed by atoms with E-state index in [0.717, 1.165) is 30.6 Å². The largest absolute Gasteiger partial charge is 0.325 e. The van der Waals surface area contributed by atoms with E-state index in [9.17, 15) is 4.79 Å². The molecule has 32 heavy (non-hydrogen) atoms. The number of anilines is 1. The first kappa shape index (κ1) is 23.1. The first-order valence-corrected chi connectivity index (χ1v) is 12.4. The Kier molecular flexibility index (Phi) is 8.08. The third-order valence-corrected chi connectivity index (χ3v) is 7.03. The Morgan fingerprint density at radius 3 is 2.50 bits per heavy atom. The average Bonchev–Trinajstić information content (AvgIpc) is 3.17. The van der Waals surface area contributed by atoms with Gasteiger partial charge in [0.2, 0.25) is 5.91 Å². The fourth-order valence-electron chi connectivity index (χ4n) is 3.69. The SMILES string of the molecule is O=C(CSc1nnc(CN2CCCCC2)n1Cc1ccccc1)Nc1ccc(Cl)c(Cl)c1. The summed E-state index contributed by atoms with van der Waals surface area (Å²) in [7, 11) is 0. The molecule has 1 N–H and O–H groups in total. The van der Waals surface area contributed by atoms with Gasteiger partial charge in [-0.1, -0.05) is 71.7 Å². The van der Waals surface area contributed by atoms with Gasteiger partial charge in [-0.25, -0.2) is 0 Å². The number of benzene rings is 2. The second-order valence-electron chi connectivity index (χ2n) is 7.77. The van der Waals surface area contributed by atoms with Crippen LogP contribution in [0, 0.1) is 0 Å². The molecule has 1 aromatic heterocycles. The van der Waals surface area contributed by atoms with Crippen molar-refractivity contribution in [2.45, 2.75) is 37.5 Å². The Balaban J connectivity index is 1.45. The third-order valence-electron chi connectivity index (χ3n) is 5.33. The molecule has 0 bridgehead atoms. The van der Waals surface area contributed by atoms with Crippen molar-refractivity contribution in [2.24, 2.45) is 0 Å². The van der Waals surface area contributed by atoms with Crippen molar-refractivity contribution >= 4 is 46.6 Å². The third kappa shape index (κ3) is 6.25. The van der Waals surface area contributed by atoms with Crippen LogP contribution in [0.5, 0.6) is 0 Å². The Labute approximate surface area is 202 Å². The summed E-state index contributed by atoms with van der Waals surface area (Å²) in [6.07, 6.45) is 3.74. The summed E-state index contributed by atoms with van der Waals surface area (Å²) >= 11 is 13.4. The van der Waals surface area contributed by atoms with E-state index in [1.54, 1.807) is 18.2 Å². The number of hydrogen-bond acceptors (Lipinski definition) is 5. The van der Waals surface area contributed by atoms with E-state index in [2.05, 4.69) is 37.1 Å². The molecule has 0 radical (unpaired) electrons. The molecule has 0 unspecified atom stereocenters. The van der Waals surface area contributed by atoms with Crippen LogP contribution in [0.1, 0.15) is 30.7 Å². The fourth-order valence-corrected chi connectivity index (χ4v) is 4.74. The zero-order valence-corrected chi connectivity index (χ0v) is 20.0. The molecular formula is C23H25Cl2N5OS. The molecule has 2 heterocycles. The lowest BCUT2D eigenvalue weighted by molar-refractivity contribution is -0.113. The predicted octanol–water partition coefficient (Wildman–Crippen LogP) is 5.35. The van der Waals surface area contributed by atoms with E-state index in [1.807, 2.05) is 18.2 Å². The molecule has 2 aromatic carbocycles. The molecule has 3 aromatic rings. The first-order valence-electron chi connectivity index (χ1n) is 10.6. The molecule has 0 aliphatic carbocycles. The molecule has 1 saturated heterocycles. The van der Waals surface area contributed by atoms with E-state index in [1.165, 1.54) is 36.6 Å². The number of halogens is 2. The number of nitrogens with zero attached hydrogens (tertiary/aromatic N) is 4. The highest BCUT2D eigenvalue weighted by Crippen LogP contribution is 2.26. The molecule has 168 valence electrons. The molecule has 1 aliphatic heterocycles. The molecule has 9 heteroatoms. The van der Waals surface area contributed by atoms with Crippen LogP contribution in [0.25, 0.3) is 0 Å². The van der Waals surface area contributed by atoms with E-state index < -0.39 is 0 Å². The molecule has 0 spiro atoms. The van der Waals surface area contributed by atoms with Crippen LogP contribution in [0.3, 0.4) is 0 Å². The Bertz CT molecular complexity index is 1050. The second-order valence-corrected chi connectivity index (χ2v) is 9.53. The van der Waals surface area contributed by atoms with Gasteiger partial charge in [0.25, 0.3) is 0 Å². The lowest BCUT2D eigenvalue weighted by atomic mass is 10.1. The number of carbonyl (C=O) groups excluding carboxylic acids is 1. The number of likely N-dealkylation sites (tertiary alicyclic amines) is 1. The van der Waals surface area contributed by atoms with Crippen LogP contribution in [0.15, 0.2) is 53.7 Å². The van der Waals surface area contributed by atoms with Gasteiger partial charge in [0, 0.05) is 5.69 Å². The Morgan fingerprint density at radius 1 is 0.969 bits per heavy atom. The summed E-state index contributed by atoms with van der Waals surface area (Å²) in [6.45, 7) is 3.63. The number of aromatic nitrogens is 3. The molecule has 1 fully saturated rings. The molecular weight excluding hydrogens is 465 g/mol. The van der Waals surface area contributed by atoms with Crippen LogP contribution in [0.2, 0.25) is 10.0 Å². The van der Waals surface area contributed by atoms with Crippen molar-refractivity contribution < 1.29 is 4.79 Å². The minimum absolute atomic E-state index is 0.139. The highest BCUT2D eigenvalue weighted by molar-refractivity contribution is 7.99. The summed E-state index contributed by atoms with van der Waals surface area (Å²) in [5.74, 6) is 1.01. The van der Waals surface area contributed by atoms with E-state index in [0.29, 0.717) is 22.3 Å². The second kappa shape index (κ2) is 11.2. The molecule has 0 atom stereocenters. The van der Waals surface area contributed by atoms with Crippen LogP contribution < -0.4 is 5.32 Å². The van der Waals surface area contributed by atoms with Gasteiger partial charge in [0.05, 0.1) is 28.9 Å². The van der Waals surface area contributed by atoms with Crippen molar-refractivity contribution in [3.63, 3.8) is 0 Å². The normalized spacial score (nSPS) is 14.4. The standard InChI is InChI=1S/C23H25Cl2N5OS/c24-19-10-9-18(13-20(19)25)26-22(31)16-32-23-28-27-21(15-29-11-5-2-6-12-29)30(23)14-17-7-3-1-4-8-17/h1,3-4,7-10,13H,2,5-6,11-12,14-16H2,(H,26,31). The van der Waals surface area contributed by atoms with Crippen LogP contribution >= 0.6 is 35.0 Å². The number of amides is 1. The van der Waals surface area contributed by atoms with E-state index >= 15 is 0 Å². The average molecular weight is 490 g/mol. The summed E-state index contributed by atoms with van der Waals surface area (Å²) in [6, 6.07) is 15.3. The number of thioether (sulfide) groups is 1. The van der Waals surface area contributed by atoms with E-state index in [4.69, 9.17) is 23.2 Å². The zero-order chi connectivity index (χ0) is 22.3. The van der Waals surface area contributed by atoms with Gasteiger partial charge in [0.15, 0.2) is 5.16 Å². The molecule has 1 aliphatic rings. The van der Waals surface area contributed by atoms with Gasteiger partial charge in [-0.05, 0) is 49.7 Å². The number of nitrogens with one attached hydrogen (secondary N) is 1. The van der Waals surface area contributed by atoms with Crippen LogP contribution in [0.4, 0.5) is 5.69 Å². The molecule has 0 saturated carbocycles. The summed E-state index contributed by atoms with van der Waals surface area (Å²) < 4.78 is 2.13. The highest BCUT2D eigenvalue weighted by atomic mass is 35.5. The van der Waals surface area contributed by atoms with Gasteiger partial charge in [0.1, 0.15) is 5.82 Å². The van der Waals surface area contributed by atoms with Crippen LogP contribution in [-0.2, 0) is 17.9 Å². The summed E-state index contributed by atoms with van der Waals surface area (Å²) in [5, 5.41) is 13.3. The number of carbonyl (C=O) groups is 1. The van der Waals surface area contributed by atoms with Crippen molar-refractivity contribution in [1.82, 2.24) is 19.7 Å². The monoisotopic (exact) mass is 489 g/mol. The number of hydrogen-bond donors (Lipinski definition) is 1. The fraction of sp³-hybridized carbons (Fsp3) is 0.348. The minimum atomic E-state index is -0.139. The topological polar surface area (TPSA) is 63.1 Å². The maximum Gasteiger partial charge on any atom is 0.234 e. The highest BCUT2D eigenvalue weighted by Gasteiger charge is 2.19. The molecule has 6 nitrogen and oxygen atoms in total. The van der Waals surface area contributed by atoms with Gasteiger partial charge < -0.3 is 9.88 Å². The smallest absolute Gasteiger partial charge is 0.234 e. The lowest BCUT2D eigenvalue weighted by Gasteiger charge is -2.26. The molecule has 4 rings (SSSR count).